The minimum absolute atomic E-state index is 0.261. The Morgan fingerprint density at radius 1 is 0.900 bits per heavy atom. The first-order valence-corrected chi connectivity index (χ1v) is 10.1. The molecule has 1 heterocycles. The van der Waals surface area contributed by atoms with Crippen LogP contribution in [0.15, 0.2) is 48.5 Å². The number of hydrazine groups is 1. The lowest BCUT2D eigenvalue weighted by Crippen LogP contribution is -2.46. The third-order valence-electron chi connectivity index (χ3n) is 4.52. The first-order valence-electron chi connectivity index (χ1n) is 9.32. The van der Waals surface area contributed by atoms with E-state index in [9.17, 15) is 14.4 Å². The van der Waals surface area contributed by atoms with E-state index in [2.05, 4.69) is 21.2 Å². The average molecular weight is 423 g/mol. The summed E-state index contributed by atoms with van der Waals surface area (Å²) in [5, 5.41) is 3.26. The maximum absolute atomic E-state index is 12.4. The van der Waals surface area contributed by atoms with Crippen LogP contribution < -0.4 is 16.2 Å². The number of hydrogen-bond donors (Lipinski definition) is 3. The predicted molar refractivity (Wildman–Crippen MR) is 116 cm³/mol. The fraction of sp³-hybridized carbons (Fsp3) is 0.182. The van der Waals surface area contributed by atoms with Crippen molar-refractivity contribution in [3.05, 3.63) is 75.8 Å². The first kappa shape index (κ1) is 21.2. The molecule has 0 aliphatic heterocycles. The quantitative estimate of drug-likeness (QED) is 0.551. The Hall–Kier alpha value is -3.52. The molecule has 3 amide bonds. The molecule has 154 valence electrons. The molecule has 0 aliphatic rings. The van der Waals surface area contributed by atoms with E-state index in [4.69, 9.17) is 0 Å². The number of aromatic nitrogens is 1. The molecule has 0 bridgehead atoms. The van der Waals surface area contributed by atoms with Crippen molar-refractivity contribution in [1.82, 2.24) is 21.2 Å². The van der Waals surface area contributed by atoms with Gasteiger partial charge in [-0.25, -0.2) is 4.98 Å². The van der Waals surface area contributed by atoms with Crippen molar-refractivity contribution in [2.24, 2.45) is 0 Å². The van der Waals surface area contributed by atoms with Gasteiger partial charge in [-0.05, 0) is 44.0 Å². The second-order valence-electron chi connectivity index (χ2n) is 6.78. The van der Waals surface area contributed by atoms with Crippen molar-refractivity contribution < 1.29 is 14.4 Å². The number of rotatable bonds is 5. The number of benzene rings is 2. The van der Waals surface area contributed by atoms with Crippen molar-refractivity contribution in [1.29, 1.82) is 0 Å². The number of thiazole rings is 1. The van der Waals surface area contributed by atoms with Gasteiger partial charge in [-0.3, -0.25) is 25.2 Å². The van der Waals surface area contributed by atoms with Gasteiger partial charge in [0.15, 0.2) is 0 Å². The number of carbonyl (C=O) groups excluding carboxylic acids is 3. The molecule has 0 spiro atoms. The minimum Gasteiger partial charge on any atom is -0.343 e. The van der Waals surface area contributed by atoms with E-state index in [1.807, 2.05) is 50.2 Å². The van der Waals surface area contributed by atoms with Gasteiger partial charge in [0.2, 0.25) is 0 Å². The Bertz CT molecular complexity index is 1090. The van der Waals surface area contributed by atoms with Gasteiger partial charge in [0.1, 0.15) is 9.88 Å². The van der Waals surface area contributed by atoms with Gasteiger partial charge in [0, 0.05) is 11.1 Å². The number of carbonyl (C=O) groups is 3. The SMILES string of the molecule is Cc1ccc(C(=O)NCC(=O)NNC(=O)c2sc(-c3ccccc3)nc2C)cc1C. The van der Waals surface area contributed by atoms with Gasteiger partial charge in [0.05, 0.1) is 12.2 Å². The highest BCUT2D eigenvalue weighted by Crippen LogP contribution is 2.27. The van der Waals surface area contributed by atoms with Crippen LogP contribution in [0.4, 0.5) is 0 Å². The summed E-state index contributed by atoms with van der Waals surface area (Å²) in [7, 11) is 0. The number of nitrogens with zero attached hydrogens (tertiary/aromatic N) is 1. The van der Waals surface area contributed by atoms with E-state index in [1.165, 1.54) is 11.3 Å². The highest BCUT2D eigenvalue weighted by molar-refractivity contribution is 7.17. The Labute approximate surface area is 178 Å². The number of amides is 3. The monoisotopic (exact) mass is 422 g/mol. The van der Waals surface area contributed by atoms with Crippen LogP contribution in [0.3, 0.4) is 0 Å². The van der Waals surface area contributed by atoms with E-state index in [1.54, 1.807) is 19.1 Å². The van der Waals surface area contributed by atoms with Crippen LogP contribution in [0.2, 0.25) is 0 Å². The van der Waals surface area contributed by atoms with Gasteiger partial charge >= 0.3 is 0 Å². The number of aryl methyl sites for hydroxylation is 3. The molecule has 0 unspecified atom stereocenters. The lowest BCUT2D eigenvalue weighted by molar-refractivity contribution is -0.120. The Balaban J connectivity index is 1.52. The zero-order chi connectivity index (χ0) is 21.7. The Kier molecular flexibility index (Phi) is 6.58. The van der Waals surface area contributed by atoms with Crippen molar-refractivity contribution >= 4 is 29.1 Å². The van der Waals surface area contributed by atoms with Crippen LogP contribution in [0.1, 0.15) is 36.9 Å². The summed E-state index contributed by atoms with van der Waals surface area (Å²) in [5.74, 6) is -1.35. The summed E-state index contributed by atoms with van der Waals surface area (Å²) in [4.78, 5) is 41.4. The maximum Gasteiger partial charge on any atom is 0.281 e. The second-order valence-corrected chi connectivity index (χ2v) is 7.78. The molecule has 30 heavy (non-hydrogen) atoms. The second kappa shape index (κ2) is 9.32. The molecule has 0 atom stereocenters. The molecule has 3 N–H and O–H groups in total. The summed E-state index contributed by atoms with van der Waals surface area (Å²) in [6, 6.07) is 14.9. The molecule has 3 rings (SSSR count). The third-order valence-corrected chi connectivity index (χ3v) is 5.72. The number of hydrogen-bond acceptors (Lipinski definition) is 5. The van der Waals surface area contributed by atoms with Crippen molar-refractivity contribution in [2.45, 2.75) is 20.8 Å². The lowest BCUT2D eigenvalue weighted by atomic mass is 10.1. The molecular weight excluding hydrogens is 400 g/mol. The summed E-state index contributed by atoms with van der Waals surface area (Å²) >= 11 is 1.25. The van der Waals surface area contributed by atoms with Crippen LogP contribution in [-0.4, -0.2) is 29.3 Å². The van der Waals surface area contributed by atoms with E-state index < -0.39 is 11.8 Å². The van der Waals surface area contributed by atoms with Crippen LogP contribution in [-0.2, 0) is 4.79 Å². The molecule has 3 aromatic rings. The normalized spacial score (nSPS) is 10.4. The smallest absolute Gasteiger partial charge is 0.281 e. The van der Waals surface area contributed by atoms with Crippen LogP contribution in [0.5, 0.6) is 0 Å². The molecule has 0 aliphatic carbocycles. The van der Waals surface area contributed by atoms with Gasteiger partial charge in [-0.2, -0.15) is 0 Å². The Morgan fingerprint density at radius 3 is 2.33 bits per heavy atom. The van der Waals surface area contributed by atoms with Gasteiger partial charge < -0.3 is 5.32 Å². The van der Waals surface area contributed by atoms with Crippen molar-refractivity contribution in [3.8, 4) is 10.6 Å². The lowest BCUT2D eigenvalue weighted by Gasteiger charge is -2.09. The fourth-order valence-corrected chi connectivity index (χ4v) is 3.65. The largest absolute Gasteiger partial charge is 0.343 e. The van der Waals surface area contributed by atoms with Crippen LogP contribution in [0.25, 0.3) is 10.6 Å². The standard InChI is InChI=1S/C22H22N4O3S/c1-13-9-10-17(11-14(13)2)20(28)23-12-18(27)25-26-21(29)19-15(3)24-22(30-19)16-7-5-4-6-8-16/h4-11H,12H2,1-3H3,(H,23,28)(H,25,27)(H,26,29). The molecule has 1 aromatic heterocycles. The van der Waals surface area contributed by atoms with Gasteiger partial charge in [0.25, 0.3) is 17.7 Å². The molecule has 0 saturated carbocycles. The molecule has 8 heteroatoms. The van der Waals surface area contributed by atoms with E-state index in [0.717, 1.165) is 21.7 Å². The third kappa shape index (κ3) is 5.09. The van der Waals surface area contributed by atoms with E-state index >= 15 is 0 Å². The van der Waals surface area contributed by atoms with Crippen molar-refractivity contribution in [3.63, 3.8) is 0 Å². The van der Waals surface area contributed by atoms with E-state index in [-0.39, 0.29) is 12.5 Å². The topological polar surface area (TPSA) is 100 Å². The predicted octanol–water partition coefficient (Wildman–Crippen LogP) is 2.93. The molecule has 0 radical (unpaired) electrons. The molecule has 2 aromatic carbocycles. The van der Waals surface area contributed by atoms with Crippen LogP contribution >= 0.6 is 11.3 Å². The van der Waals surface area contributed by atoms with Crippen molar-refractivity contribution in [2.75, 3.05) is 6.54 Å². The average Bonchev–Trinajstić information content (AvgIpc) is 3.14. The molecular formula is C22H22N4O3S. The first-order chi connectivity index (χ1) is 14.3. The zero-order valence-electron chi connectivity index (χ0n) is 16.9. The summed E-state index contributed by atoms with van der Waals surface area (Å²) in [6.45, 7) is 5.35. The summed E-state index contributed by atoms with van der Waals surface area (Å²) in [6.07, 6.45) is 0. The highest BCUT2D eigenvalue weighted by Gasteiger charge is 2.17. The summed E-state index contributed by atoms with van der Waals surface area (Å²) < 4.78 is 0. The molecule has 7 nitrogen and oxygen atoms in total. The highest BCUT2D eigenvalue weighted by atomic mass is 32.1. The summed E-state index contributed by atoms with van der Waals surface area (Å²) in [5.41, 5.74) is 8.73. The zero-order valence-corrected chi connectivity index (χ0v) is 17.7. The number of nitrogens with one attached hydrogen (secondary N) is 3. The van der Waals surface area contributed by atoms with Gasteiger partial charge in [-0.1, -0.05) is 36.4 Å². The van der Waals surface area contributed by atoms with Crippen LogP contribution in [0, 0.1) is 20.8 Å². The minimum atomic E-state index is -0.536. The van der Waals surface area contributed by atoms with E-state index in [0.29, 0.717) is 16.1 Å². The Morgan fingerprint density at radius 2 is 1.63 bits per heavy atom. The maximum atomic E-state index is 12.4. The fourth-order valence-electron chi connectivity index (χ4n) is 2.68. The molecule has 0 saturated heterocycles. The van der Waals surface area contributed by atoms with Gasteiger partial charge in [-0.15, -0.1) is 11.3 Å². The molecule has 0 fully saturated rings.